The minimum absolute atomic E-state index is 0.154. The van der Waals surface area contributed by atoms with Crippen molar-refractivity contribution in [2.75, 3.05) is 33.2 Å². The Morgan fingerprint density at radius 2 is 1.71 bits per heavy atom. The highest BCUT2D eigenvalue weighted by Gasteiger charge is 2.23. The first-order valence-corrected chi connectivity index (χ1v) is 8.82. The highest BCUT2D eigenvalue weighted by molar-refractivity contribution is 6.30. The van der Waals surface area contributed by atoms with E-state index < -0.39 is 0 Å². The molecule has 1 aliphatic rings. The van der Waals surface area contributed by atoms with Gasteiger partial charge >= 0.3 is 0 Å². The maximum Gasteiger partial charge on any atom is 0.223 e. The second-order valence-corrected chi connectivity index (χ2v) is 6.95. The van der Waals surface area contributed by atoms with Gasteiger partial charge in [-0.05, 0) is 36.9 Å². The molecule has 3 rings (SSSR count). The van der Waals surface area contributed by atoms with Gasteiger partial charge in [0.05, 0.1) is 0 Å². The third kappa shape index (κ3) is 4.40. The Kier molecular flexibility index (Phi) is 5.59. The topological polar surface area (TPSA) is 28.5 Å². The van der Waals surface area contributed by atoms with Crippen LogP contribution in [0.5, 0.6) is 0 Å². The van der Waals surface area contributed by atoms with Gasteiger partial charge in [-0.25, -0.2) is 0 Å². The fourth-order valence-electron chi connectivity index (χ4n) is 3.16. The number of rotatable bonds is 5. The second-order valence-electron chi connectivity index (χ2n) is 6.52. The van der Waals surface area contributed by atoms with Crippen LogP contribution in [0.25, 0.3) is 0 Å². The Morgan fingerprint density at radius 1 is 1.08 bits per heavy atom. The molecule has 2 aromatic rings. The van der Waals surface area contributed by atoms with Crippen molar-refractivity contribution in [2.24, 2.45) is 0 Å². The molecule has 0 bridgehead atoms. The van der Waals surface area contributed by atoms with Gasteiger partial charge in [0.25, 0.3) is 0 Å². The number of amides is 1. The molecule has 0 aliphatic carbocycles. The number of piperazine rings is 1. The molecule has 1 aromatic carbocycles. The van der Waals surface area contributed by atoms with Crippen LogP contribution < -0.4 is 0 Å². The lowest BCUT2D eigenvalue weighted by Crippen LogP contribution is -2.47. The molecule has 0 unspecified atom stereocenters. The van der Waals surface area contributed by atoms with Gasteiger partial charge in [0.1, 0.15) is 0 Å². The number of benzene rings is 1. The van der Waals surface area contributed by atoms with Crippen LogP contribution in [0.1, 0.15) is 17.9 Å². The Hall–Kier alpha value is -1.78. The summed E-state index contributed by atoms with van der Waals surface area (Å²) in [7, 11) is 2.10. The minimum Gasteiger partial charge on any atom is -0.354 e. The van der Waals surface area contributed by atoms with Crippen molar-refractivity contribution in [3.05, 3.63) is 59.4 Å². The first-order chi connectivity index (χ1) is 11.6. The molecule has 5 heteroatoms. The van der Waals surface area contributed by atoms with E-state index >= 15 is 0 Å². The van der Waals surface area contributed by atoms with Crippen molar-refractivity contribution in [1.82, 2.24) is 14.4 Å². The van der Waals surface area contributed by atoms with Crippen LogP contribution in [-0.4, -0.2) is 53.5 Å². The Bertz CT molecular complexity index is 646. The molecule has 0 spiro atoms. The molecule has 0 N–H and O–H groups in total. The van der Waals surface area contributed by atoms with E-state index in [0.717, 1.165) is 43.3 Å². The average molecular weight is 346 g/mol. The SMILES string of the molecule is CN1CCN(C(=O)C[C@H](Cn2cccc2)c2ccc(Cl)cc2)CC1. The van der Waals surface area contributed by atoms with E-state index in [4.69, 9.17) is 11.6 Å². The van der Waals surface area contributed by atoms with E-state index in [1.54, 1.807) is 0 Å². The molecular weight excluding hydrogens is 322 g/mol. The predicted octanol–water partition coefficient (Wildman–Crippen LogP) is 3.09. The lowest BCUT2D eigenvalue weighted by atomic mass is 9.94. The van der Waals surface area contributed by atoms with Crippen LogP contribution in [0.3, 0.4) is 0 Å². The van der Waals surface area contributed by atoms with Crippen molar-refractivity contribution in [3.63, 3.8) is 0 Å². The molecule has 1 aromatic heterocycles. The Balaban J connectivity index is 1.71. The zero-order chi connectivity index (χ0) is 16.9. The largest absolute Gasteiger partial charge is 0.354 e. The van der Waals surface area contributed by atoms with Crippen molar-refractivity contribution in [1.29, 1.82) is 0 Å². The lowest BCUT2D eigenvalue weighted by Gasteiger charge is -2.33. The summed E-state index contributed by atoms with van der Waals surface area (Å²) in [4.78, 5) is 17.0. The van der Waals surface area contributed by atoms with E-state index in [0.29, 0.717) is 6.42 Å². The normalized spacial score (nSPS) is 17.0. The van der Waals surface area contributed by atoms with E-state index in [-0.39, 0.29) is 11.8 Å². The zero-order valence-electron chi connectivity index (χ0n) is 14.1. The molecule has 2 heterocycles. The molecule has 4 nitrogen and oxygen atoms in total. The number of aromatic nitrogens is 1. The summed E-state index contributed by atoms with van der Waals surface area (Å²) in [5, 5.41) is 0.726. The monoisotopic (exact) mass is 345 g/mol. The zero-order valence-corrected chi connectivity index (χ0v) is 14.8. The molecule has 0 radical (unpaired) electrons. The fraction of sp³-hybridized carbons (Fsp3) is 0.421. The lowest BCUT2D eigenvalue weighted by molar-refractivity contribution is -0.133. The summed E-state index contributed by atoms with van der Waals surface area (Å²) in [6.07, 6.45) is 4.62. The molecule has 24 heavy (non-hydrogen) atoms. The molecule has 1 aliphatic heterocycles. The van der Waals surface area contributed by atoms with Gasteiger partial charge in [0, 0.05) is 62.5 Å². The van der Waals surface area contributed by atoms with Crippen molar-refractivity contribution >= 4 is 17.5 Å². The van der Waals surface area contributed by atoms with Crippen molar-refractivity contribution < 1.29 is 4.79 Å². The van der Waals surface area contributed by atoms with E-state index in [2.05, 4.69) is 16.5 Å². The van der Waals surface area contributed by atoms with Gasteiger partial charge < -0.3 is 14.4 Å². The summed E-state index contributed by atoms with van der Waals surface area (Å²) in [5.74, 6) is 0.400. The number of carbonyl (C=O) groups is 1. The van der Waals surface area contributed by atoms with Gasteiger partial charge in [-0.15, -0.1) is 0 Å². The Labute approximate surface area is 148 Å². The highest BCUT2D eigenvalue weighted by atomic mass is 35.5. The number of likely N-dealkylation sites (N-methyl/N-ethyl adjacent to an activating group) is 1. The predicted molar refractivity (Wildman–Crippen MR) is 97.3 cm³/mol. The third-order valence-electron chi connectivity index (χ3n) is 4.72. The summed E-state index contributed by atoms with van der Waals surface area (Å²) in [5.41, 5.74) is 1.16. The van der Waals surface area contributed by atoms with Crippen molar-refractivity contribution in [3.8, 4) is 0 Å². The summed E-state index contributed by atoms with van der Waals surface area (Å²) < 4.78 is 2.14. The minimum atomic E-state index is 0.154. The summed E-state index contributed by atoms with van der Waals surface area (Å²) >= 11 is 6.02. The Morgan fingerprint density at radius 3 is 2.33 bits per heavy atom. The van der Waals surface area contributed by atoms with Crippen LogP contribution in [0.4, 0.5) is 0 Å². The van der Waals surface area contributed by atoms with Gasteiger partial charge in [-0.3, -0.25) is 4.79 Å². The van der Waals surface area contributed by atoms with Crippen LogP contribution in [0.2, 0.25) is 5.02 Å². The molecule has 128 valence electrons. The quantitative estimate of drug-likeness (QED) is 0.833. The number of hydrogen-bond donors (Lipinski definition) is 0. The molecular formula is C19H24ClN3O. The molecule has 1 saturated heterocycles. The molecule has 1 amide bonds. The summed E-state index contributed by atoms with van der Waals surface area (Å²) in [6.45, 7) is 4.36. The van der Waals surface area contributed by atoms with Gasteiger partial charge in [-0.1, -0.05) is 23.7 Å². The van der Waals surface area contributed by atoms with Gasteiger partial charge in [-0.2, -0.15) is 0 Å². The van der Waals surface area contributed by atoms with E-state index in [1.165, 1.54) is 0 Å². The number of carbonyl (C=O) groups excluding carboxylic acids is 1. The fourth-order valence-corrected chi connectivity index (χ4v) is 3.29. The molecule has 0 saturated carbocycles. The standard InChI is InChI=1S/C19H24ClN3O/c1-21-10-12-23(13-11-21)19(24)14-17(15-22-8-2-3-9-22)16-4-6-18(20)7-5-16/h2-9,17H,10-15H2,1H3/t17-/m1/s1. The van der Waals surface area contributed by atoms with Gasteiger partial charge in [0.2, 0.25) is 5.91 Å². The first-order valence-electron chi connectivity index (χ1n) is 8.44. The number of nitrogens with zero attached hydrogens (tertiary/aromatic N) is 3. The van der Waals surface area contributed by atoms with Crippen LogP contribution in [-0.2, 0) is 11.3 Å². The smallest absolute Gasteiger partial charge is 0.223 e. The van der Waals surface area contributed by atoms with Crippen LogP contribution in [0, 0.1) is 0 Å². The molecule has 1 atom stereocenters. The second kappa shape index (κ2) is 7.86. The molecule has 1 fully saturated rings. The van der Waals surface area contributed by atoms with Crippen LogP contribution in [0.15, 0.2) is 48.8 Å². The van der Waals surface area contributed by atoms with E-state index in [9.17, 15) is 4.79 Å². The van der Waals surface area contributed by atoms with Crippen molar-refractivity contribution in [2.45, 2.75) is 18.9 Å². The number of halogens is 1. The third-order valence-corrected chi connectivity index (χ3v) is 4.97. The maximum atomic E-state index is 12.8. The first kappa shape index (κ1) is 17.1. The average Bonchev–Trinajstić information content (AvgIpc) is 3.08. The highest BCUT2D eigenvalue weighted by Crippen LogP contribution is 2.25. The number of hydrogen-bond acceptors (Lipinski definition) is 2. The summed E-state index contributed by atoms with van der Waals surface area (Å²) in [6, 6.07) is 11.9. The maximum absolute atomic E-state index is 12.8. The van der Waals surface area contributed by atoms with Gasteiger partial charge in [0.15, 0.2) is 0 Å². The van der Waals surface area contributed by atoms with Crippen LogP contribution >= 0.6 is 11.6 Å². The van der Waals surface area contributed by atoms with E-state index in [1.807, 2.05) is 53.7 Å².